The Morgan fingerprint density at radius 2 is 2.29 bits per heavy atom. The number of ether oxygens (including phenoxy) is 1. The molecule has 21 heavy (non-hydrogen) atoms. The Morgan fingerprint density at radius 1 is 1.48 bits per heavy atom. The van der Waals surface area contributed by atoms with Gasteiger partial charge in [-0.3, -0.25) is 9.69 Å². The van der Waals surface area contributed by atoms with E-state index in [4.69, 9.17) is 14.9 Å². The molecule has 2 fully saturated rings. The standard InChI is InChI=1S/C16H24N2O3/c1-11-7-14(11)15-5-4-13(21-15)9-18(10-16(17)19)8-12-3-2-6-20-12/h4-5,11-12,14H,2-3,6-10H2,1H3,(H2,17,19)/t11-,12-,14-/m1/s1. The minimum absolute atomic E-state index is 0.210. The van der Waals surface area contributed by atoms with Gasteiger partial charge in [-0.1, -0.05) is 6.92 Å². The Hall–Kier alpha value is -1.33. The Labute approximate surface area is 125 Å². The predicted octanol–water partition coefficient (Wildman–Crippen LogP) is 1.87. The monoisotopic (exact) mass is 292 g/mol. The van der Waals surface area contributed by atoms with Crippen LogP contribution in [0.3, 0.4) is 0 Å². The first-order chi connectivity index (χ1) is 10.1. The minimum Gasteiger partial charge on any atom is -0.464 e. The molecular formula is C16H24N2O3. The summed E-state index contributed by atoms with van der Waals surface area (Å²) in [5.74, 6) is 2.99. The smallest absolute Gasteiger partial charge is 0.231 e. The van der Waals surface area contributed by atoms with Gasteiger partial charge >= 0.3 is 0 Å². The van der Waals surface area contributed by atoms with E-state index in [0.29, 0.717) is 12.5 Å². The molecule has 5 heteroatoms. The first-order valence-electron chi connectivity index (χ1n) is 7.82. The van der Waals surface area contributed by atoms with Crippen molar-refractivity contribution >= 4 is 5.91 Å². The van der Waals surface area contributed by atoms with Crippen molar-refractivity contribution in [3.8, 4) is 0 Å². The first kappa shape index (κ1) is 14.6. The number of nitrogens with zero attached hydrogens (tertiary/aromatic N) is 1. The van der Waals surface area contributed by atoms with Crippen LogP contribution in [0.25, 0.3) is 0 Å². The maximum Gasteiger partial charge on any atom is 0.231 e. The van der Waals surface area contributed by atoms with Crippen LogP contribution in [0.15, 0.2) is 16.5 Å². The highest BCUT2D eigenvalue weighted by Gasteiger charge is 2.36. The highest BCUT2D eigenvalue weighted by atomic mass is 16.5. The third-order valence-corrected chi connectivity index (χ3v) is 4.40. The number of rotatable bonds is 7. The third-order valence-electron chi connectivity index (χ3n) is 4.40. The van der Waals surface area contributed by atoms with Gasteiger partial charge in [0.25, 0.3) is 0 Å². The molecule has 1 aliphatic heterocycles. The molecule has 1 aromatic rings. The normalized spacial score (nSPS) is 28.2. The molecule has 0 unspecified atom stereocenters. The number of furan rings is 1. The predicted molar refractivity (Wildman–Crippen MR) is 78.7 cm³/mol. The van der Waals surface area contributed by atoms with E-state index < -0.39 is 0 Å². The number of amides is 1. The van der Waals surface area contributed by atoms with E-state index in [2.05, 4.69) is 13.0 Å². The topological polar surface area (TPSA) is 68.7 Å². The van der Waals surface area contributed by atoms with Gasteiger partial charge in [-0.05, 0) is 37.3 Å². The maximum absolute atomic E-state index is 11.2. The molecule has 1 aliphatic carbocycles. The van der Waals surface area contributed by atoms with Crippen molar-refractivity contribution < 1.29 is 13.9 Å². The van der Waals surface area contributed by atoms with Crippen LogP contribution < -0.4 is 5.73 Å². The molecule has 116 valence electrons. The van der Waals surface area contributed by atoms with E-state index in [0.717, 1.165) is 43.4 Å². The van der Waals surface area contributed by atoms with Gasteiger partial charge in [0.05, 0.1) is 19.2 Å². The molecule has 2 N–H and O–H groups in total. The molecular weight excluding hydrogens is 268 g/mol. The van der Waals surface area contributed by atoms with Crippen LogP contribution in [0, 0.1) is 5.92 Å². The summed E-state index contributed by atoms with van der Waals surface area (Å²) in [6.07, 6.45) is 3.58. The Morgan fingerprint density at radius 3 is 2.90 bits per heavy atom. The minimum atomic E-state index is -0.310. The number of nitrogens with two attached hydrogens (primary N) is 1. The molecule has 0 spiro atoms. The number of carbonyl (C=O) groups is 1. The Balaban J connectivity index is 1.59. The van der Waals surface area contributed by atoms with E-state index in [9.17, 15) is 4.79 Å². The number of hydrogen-bond acceptors (Lipinski definition) is 4. The lowest BCUT2D eigenvalue weighted by atomic mass is 10.2. The lowest BCUT2D eigenvalue weighted by Gasteiger charge is -2.22. The average Bonchev–Trinajstić information content (AvgIpc) is 2.84. The second-order valence-electron chi connectivity index (χ2n) is 6.39. The van der Waals surface area contributed by atoms with E-state index in [1.54, 1.807) is 0 Å². The third kappa shape index (κ3) is 3.86. The highest BCUT2D eigenvalue weighted by molar-refractivity contribution is 5.75. The van der Waals surface area contributed by atoms with Crippen LogP contribution >= 0.6 is 0 Å². The van der Waals surface area contributed by atoms with Crippen LogP contribution in [0.1, 0.15) is 43.6 Å². The molecule has 0 radical (unpaired) electrons. The lowest BCUT2D eigenvalue weighted by molar-refractivity contribution is -0.119. The lowest BCUT2D eigenvalue weighted by Crippen LogP contribution is -2.38. The number of carbonyl (C=O) groups excluding carboxylic acids is 1. The van der Waals surface area contributed by atoms with E-state index >= 15 is 0 Å². The van der Waals surface area contributed by atoms with Crippen molar-refractivity contribution in [1.29, 1.82) is 0 Å². The van der Waals surface area contributed by atoms with E-state index in [1.165, 1.54) is 6.42 Å². The molecule has 5 nitrogen and oxygen atoms in total. The molecule has 0 bridgehead atoms. The Kier molecular flexibility index (Phi) is 4.31. The quantitative estimate of drug-likeness (QED) is 0.833. The largest absolute Gasteiger partial charge is 0.464 e. The summed E-state index contributed by atoms with van der Waals surface area (Å²) in [5.41, 5.74) is 5.35. The van der Waals surface area contributed by atoms with Gasteiger partial charge < -0.3 is 14.9 Å². The molecule has 2 heterocycles. The summed E-state index contributed by atoms with van der Waals surface area (Å²) in [6.45, 7) is 4.65. The fourth-order valence-electron chi connectivity index (χ4n) is 3.10. The molecule has 3 rings (SSSR count). The summed E-state index contributed by atoms with van der Waals surface area (Å²) in [5, 5.41) is 0. The van der Waals surface area contributed by atoms with Crippen LogP contribution in [0.5, 0.6) is 0 Å². The van der Waals surface area contributed by atoms with Crippen LogP contribution in [0.4, 0.5) is 0 Å². The fourth-order valence-corrected chi connectivity index (χ4v) is 3.10. The van der Waals surface area contributed by atoms with Crippen molar-refractivity contribution in [2.75, 3.05) is 19.7 Å². The fraction of sp³-hybridized carbons (Fsp3) is 0.688. The molecule has 2 aliphatic rings. The summed E-state index contributed by atoms with van der Waals surface area (Å²) in [7, 11) is 0. The van der Waals surface area contributed by atoms with Gasteiger partial charge in [-0.2, -0.15) is 0 Å². The maximum atomic E-state index is 11.2. The van der Waals surface area contributed by atoms with Crippen molar-refractivity contribution in [3.05, 3.63) is 23.7 Å². The molecule has 1 amide bonds. The van der Waals surface area contributed by atoms with E-state index in [-0.39, 0.29) is 18.6 Å². The van der Waals surface area contributed by atoms with Crippen molar-refractivity contribution in [3.63, 3.8) is 0 Å². The average molecular weight is 292 g/mol. The summed E-state index contributed by atoms with van der Waals surface area (Å²) < 4.78 is 11.6. The summed E-state index contributed by atoms with van der Waals surface area (Å²) in [4.78, 5) is 13.3. The number of hydrogen-bond donors (Lipinski definition) is 1. The van der Waals surface area contributed by atoms with Gasteiger partial charge in [-0.15, -0.1) is 0 Å². The zero-order valence-corrected chi connectivity index (χ0v) is 12.6. The second-order valence-corrected chi connectivity index (χ2v) is 6.39. The molecule has 1 saturated carbocycles. The zero-order chi connectivity index (χ0) is 14.8. The van der Waals surface area contributed by atoms with Crippen LogP contribution in [-0.2, 0) is 16.1 Å². The summed E-state index contributed by atoms with van der Waals surface area (Å²) in [6, 6.07) is 4.09. The molecule has 0 aromatic carbocycles. The molecule has 3 atom stereocenters. The summed E-state index contributed by atoms with van der Waals surface area (Å²) >= 11 is 0. The SMILES string of the molecule is C[C@@H]1C[C@H]1c1ccc(CN(CC(N)=O)C[C@H]2CCCO2)o1. The van der Waals surface area contributed by atoms with Gasteiger partial charge in [0.1, 0.15) is 11.5 Å². The van der Waals surface area contributed by atoms with Crippen molar-refractivity contribution in [2.24, 2.45) is 11.7 Å². The van der Waals surface area contributed by atoms with Crippen molar-refractivity contribution in [2.45, 2.75) is 44.8 Å². The number of primary amides is 1. The van der Waals surface area contributed by atoms with Gasteiger partial charge in [0, 0.05) is 19.1 Å². The van der Waals surface area contributed by atoms with Gasteiger partial charge in [0.2, 0.25) is 5.91 Å². The first-order valence-corrected chi connectivity index (χ1v) is 7.82. The van der Waals surface area contributed by atoms with Crippen molar-refractivity contribution in [1.82, 2.24) is 4.90 Å². The van der Waals surface area contributed by atoms with E-state index in [1.807, 2.05) is 11.0 Å². The van der Waals surface area contributed by atoms with Gasteiger partial charge in [0.15, 0.2) is 0 Å². The Bertz CT molecular complexity index is 493. The molecule has 1 saturated heterocycles. The van der Waals surface area contributed by atoms with Crippen LogP contribution in [0.2, 0.25) is 0 Å². The molecule has 1 aromatic heterocycles. The zero-order valence-electron chi connectivity index (χ0n) is 12.6. The van der Waals surface area contributed by atoms with Gasteiger partial charge in [-0.25, -0.2) is 0 Å². The second kappa shape index (κ2) is 6.20. The van der Waals surface area contributed by atoms with Crippen LogP contribution in [-0.4, -0.2) is 36.6 Å². The highest BCUT2D eigenvalue weighted by Crippen LogP contribution is 2.47.